The normalized spacial score (nSPS) is 10.4. The molecule has 0 aliphatic carbocycles. The largest absolute Gasteiger partial charge is 0.385 e. The maximum atomic E-state index is 12.4. The number of aryl methyl sites for hydroxylation is 1. The third kappa shape index (κ3) is 5.65. The highest BCUT2D eigenvalue weighted by atomic mass is 16.5. The summed E-state index contributed by atoms with van der Waals surface area (Å²) in [6.07, 6.45) is 0.813. The predicted molar refractivity (Wildman–Crippen MR) is 96.2 cm³/mol. The first-order chi connectivity index (χ1) is 12.0. The first-order valence-corrected chi connectivity index (χ1v) is 8.00. The molecule has 2 rings (SSSR count). The molecule has 7 nitrogen and oxygen atoms in total. The van der Waals surface area contributed by atoms with Gasteiger partial charge in [-0.15, -0.1) is 0 Å². The average molecular weight is 342 g/mol. The van der Waals surface area contributed by atoms with Gasteiger partial charge in [0.05, 0.1) is 0 Å². The van der Waals surface area contributed by atoms with Crippen molar-refractivity contribution in [2.24, 2.45) is 0 Å². The number of anilines is 2. The number of amides is 1. The SMILES string of the molecule is COCCCNc1nc(C)cc(C(=O)Nc2cccc(C(C)=O)c2)n1. The molecular formula is C18H22N4O3. The van der Waals surface area contributed by atoms with Gasteiger partial charge in [-0.05, 0) is 38.5 Å². The maximum Gasteiger partial charge on any atom is 0.274 e. The van der Waals surface area contributed by atoms with Gasteiger partial charge in [0.1, 0.15) is 5.69 Å². The van der Waals surface area contributed by atoms with Crippen LogP contribution < -0.4 is 10.6 Å². The molecule has 2 aromatic rings. The quantitative estimate of drug-likeness (QED) is 0.566. The molecule has 0 spiro atoms. The number of aromatic nitrogens is 2. The maximum absolute atomic E-state index is 12.4. The van der Waals surface area contributed by atoms with Crippen molar-refractivity contribution >= 4 is 23.3 Å². The van der Waals surface area contributed by atoms with Crippen LogP contribution in [-0.2, 0) is 4.74 Å². The predicted octanol–water partition coefficient (Wildman–Crippen LogP) is 2.69. The Bertz CT molecular complexity index is 762. The number of methoxy groups -OCH3 is 1. The Morgan fingerprint density at radius 2 is 2.00 bits per heavy atom. The zero-order valence-corrected chi connectivity index (χ0v) is 14.6. The highest BCUT2D eigenvalue weighted by molar-refractivity contribution is 6.04. The van der Waals surface area contributed by atoms with E-state index in [4.69, 9.17) is 4.74 Å². The number of carbonyl (C=O) groups excluding carboxylic acids is 2. The van der Waals surface area contributed by atoms with Crippen LogP contribution in [0.15, 0.2) is 30.3 Å². The number of hydrogen-bond donors (Lipinski definition) is 2. The lowest BCUT2D eigenvalue weighted by atomic mass is 10.1. The first-order valence-electron chi connectivity index (χ1n) is 8.00. The highest BCUT2D eigenvalue weighted by Gasteiger charge is 2.11. The number of nitrogens with zero attached hydrogens (tertiary/aromatic N) is 2. The molecule has 0 saturated carbocycles. The Kier molecular flexibility index (Phi) is 6.59. The molecule has 0 radical (unpaired) electrons. The topological polar surface area (TPSA) is 93.2 Å². The number of carbonyl (C=O) groups is 2. The van der Waals surface area contributed by atoms with E-state index < -0.39 is 0 Å². The van der Waals surface area contributed by atoms with Gasteiger partial charge < -0.3 is 15.4 Å². The number of benzene rings is 1. The minimum Gasteiger partial charge on any atom is -0.385 e. The molecule has 0 unspecified atom stereocenters. The molecule has 1 heterocycles. The second-order valence-corrected chi connectivity index (χ2v) is 5.58. The fourth-order valence-electron chi connectivity index (χ4n) is 2.19. The van der Waals surface area contributed by atoms with Crippen LogP contribution in [0.2, 0.25) is 0 Å². The fraction of sp³-hybridized carbons (Fsp3) is 0.333. The summed E-state index contributed by atoms with van der Waals surface area (Å²) in [4.78, 5) is 32.4. The van der Waals surface area contributed by atoms with E-state index in [2.05, 4.69) is 20.6 Å². The van der Waals surface area contributed by atoms with Crippen molar-refractivity contribution < 1.29 is 14.3 Å². The molecular weight excluding hydrogens is 320 g/mol. The van der Waals surface area contributed by atoms with Crippen LogP contribution in [0.1, 0.15) is 39.9 Å². The molecule has 25 heavy (non-hydrogen) atoms. The Labute approximate surface area is 146 Å². The fourth-order valence-corrected chi connectivity index (χ4v) is 2.19. The summed E-state index contributed by atoms with van der Waals surface area (Å²) in [6, 6.07) is 8.40. The van der Waals surface area contributed by atoms with E-state index in [1.165, 1.54) is 6.92 Å². The van der Waals surface area contributed by atoms with Crippen LogP contribution >= 0.6 is 0 Å². The molecule has 7 heteroatoms. The summed E-state index contributed by atoms with van der Waals surface area (Å²) in [5, 5.41) is 5.83. The molecule has 0 aliphatic rings. The molecule has 0 saturated heterocycles. The summed E-state index contributed by atoms with van der Waals surface area (Å²) in [6.45, 7) is 4.57. The molecule has 2 N–H and O–H groups in total. The second kappa shape index (κ2) is 8.89. The summed E-state index contributed by atoms with van der Waals surface area (Å²) in [5.74, 6) is -0.0126. The number of Topliss-reactive ketones (excluding diaryl/α,β-unsaturated/α-hetero) is 1. The zero-order chi connectivity index (χ0) is 18.2. The Balaban J connectivity index is 2.09. The molecule has 0 bridgehead atoms. The first kappa shape index (κ1) is 18.5. The van der Waals surface area contributed by atoms with E-state index >= 15 is 0 Å². The van der Waals surface area contributed by atoms with Crippen LogP contribution in [0, 0.1) is 6.92 Å². The van der Waals surface area contributed by atoms with E-state index in [0.717, 1.165) is 6.42 Å². The van der Waals surface area contributed by atoms with Crippen LogP contribution in [0.4, 0.5) is 11.6 Å². The second-order valence-electron chi connectivity index (χ2n) is 5.58. The van der Waals surface area contributed by atoms with Gasteiger partial charge in [0.25, 0.3) is 5.91 Å². The van der Waals surface area contributed by atoms with Crippen molar-refractivity contribution in [3.8, 4) is 0 Å². The lowest BCUT2D eigenvalue weighted by Gasteiger charge is -2.09. The van der Waals surface area contributed by atoms with E-state index in [-0.39, 0.29) is 17.4 Å². The third-order valence-corrected chi connectivity index (χ3v) is 3.42. The van der Waals surface area contributed by atoms with Gasteiger partial charge in [-0.2, -0.15) is 0 Å². The lowest BCUT2D eigenvalue weighted by molar-refractivity contribution is 0.100. The number of ether oxygens (including phenoxy) is 1. The van der Waals surface area contributed by atoms with Gasteiger partial charge in [0.2, 0.25) is 5.95 Å². The number of ketones is 1. The summed E-state index contributed by atoms with van der Waals surface area (Å²) in [5.41, 5.74) is 2.03. The van der Waals surface area contributed by atoms with Gasteiger partial charge >= 0.3 is 0 Å². The van der Waals surface area contributed by atoms with Gasteiger partial charge in [-0.1, -0.05) is 12.1 Å². The number of rotatable bonds is 8. The smallest absolute Gasteiger partial charge is 0.274 e. The van der Waals surface area contributed by atoms with Crippen molar-refractivity contribution in [2.45, 2.75) is 20.3 Å². The number of hydrogen-bond acceptors (Lipinski definition) is 6. The van der Waals surface area contributed by atoms with E-state index in [1.807, 2.05) is 0 Å². The molecule has 0 fully saturated rings. The van der Waals surface area contributed by atoms with Crippen molar-refractivity contribution in [2.75, 3.05) is 30.9 Å². The Morgan fingerprint density at radius 3 is 2.72 bits per heavy atom. The monoisotopic (exact) mass is 342 g/mol. The van der Waals surface area contributed by atoms with Crippen LogP contribution in [0.5, 0.6) is 0 Å². The zero-order valence-electron chi connectivity index (χ0n) is 14.6. The van der Waals surface area contributed by atoms with Gasteiger partial charge in [0.15, 0.2) is 5.78 Å². The van der Waals surface area contributed by atoms with Crippen molar-refractivity contribution in [1.82, 2.24) is 9.97 Å². The van der Waals surface area contributed by atoms with Crippen LogP contribution in [0.25, 0.3) is 0 Å². The van der Waals surface area contributed by atoms with Crippen molar-refractivity contribution in [3.05, 3.63) is 47.3 Å². The van der Waals surface area contributed by atoms with Crippen molar-refractivity contribution in [3.63, 3.8) is 0 Å². The highest BCUT2D eigenvalue weighted by Crippen LogP contribution is 2.13. The minimum absolute atomic E-state index is 0.0588. The average Bonchev–Trinajstić information content (AvgIpc) is 2.58. The van der Waals surface area contributed by atoms with Gasteiger partial charge in [-0.3, -0.25) is 9.59 Å². The molecule has 0 aliphatic heterocycles. The summed E-state index contributed by atoms with van der Waals surface area (Å²) in [7, 11) is 1.65. The summed E-state index contributed by atoms with van der Waals surface area (Å²) >= 11 is 0. The van der Waals surface area contributed by atoms with Crippen molar-refractivity contribution in [1.29, 1.82) is 0 Å². The van der Waals surface area contributed by atoms with E-state index in [9.17, 15) is 9.59 Å². The molecule has 1 amide bonds. The number of nitrogens with one attached hydrogen (secondary N) is 2. The Hall–Kier alpha value is -2.80. The summed E-state index contributed by atoms with van der Waals surface area (Å²) < 4.78 is 4.99. The van der Waals surface area contributed by atoms with Crippen LogP contribution in [-0.4, -0.2) is 41.9 Å². The van der Waals surface area contributed by atoms with Crippen LogP contribution in [0.3, 0.4) is 0 Å². The molecule has 1 aromatic carbocycles. The van der Waals surface area contributed by atoms with Gasteiger partial charge in [0, 0.05) is 37.2 Å². The van der Waals surface area contributed by atoms with E-state index in [0.29, 0.717) is 36.0 Å². The minimum atomic E-state index is -0.355. The molecule has 132 valence electrons. The molecule has 0 atom stereocenters. The lowest BCUT2D eigenvalue weighted by Crippen LogP contribution is -2.17. The molecule has 1 aromatic heterocycles. The van der Waals surface area contributed by atoms with E-state index in [1.54, 1.807) is 44.4 Å². The third-order valence-electron chi connectivity index (χ3n) is 3.42. The Morgan fingerprint density at radius 1 is 1.20 bits per heavy atom. The standard InChI is InChI=1S/C18H22N4O3/c1-12-10-16(22-18(20-12)19-8-5-9-25-3)17(24)21-15-7-4-6-14(11-15)13(2)23/h4,6-7,10-11H,5,8-9H2,1-3H3,(H,21,24)(H,19,20,22). The van der Waals surface area contributed by atoms with Gasteiger partial charge in [-0.25, -0.2) is 9.97 Å².